The summed E-state index contributed by atoms with van der Waals surface area (Å²) in [4.78, 5) is 16.6. The van der Waals surface area contributed by atoms with Gasteiger partial charge in [-0.05, 0) is 36.4 Å². The number of aromatic nitrogens is 1. The van der Waals surface area contributed by atoms with E-state index in [0.717, 1.165) is 5.56 Å². The fourth-order valence-electron chi connectivity index (χ4n) is 3.02. The number of rotatable bonds is 7. The molecule has 8 heteroatoms. The predicted octanol–water partition coefficient (Wildman–Crippen LogP) is 4.52. The van der Waals surface area contributed by atoms with Gasteiger partial charge in [-0.3, -0.25) is 4.31 Å². The third-order valence-electron chi connectivity index (χ3n) is 4.81. The second-order valence-corrected chi connectivity index (χ2v) is 8.86. The monoisotopic (exact) mass is 448 g/mol. The summed E-state index contributed by atoms with van der Waals surface area (Å²) in [6.07, 6.45) is 1.57. The number of oxazole rings is 1. The molecule has 4 rings (SSSR count). The second-order valence-electron chi connectivity index (χ2n) is 6.89. The summed E-state index contributed by atoms with van der Waals surface area (Å²) in [7, 11) is -2.28. The van der Waals surface area contributed by atoms with Crippen molar-refractivity contribution in [3.63, 3.8) is 0 Å². The smallest absolute Gasteiger partial charge is 0.338 e. The lowest BCUT2D eigenvalue weighted by Crippen LogP contribution is -2.26. The van der Waals surface area contributed by atoms with Gasteiger partial charge in [0.05, 0.1) is 22.3 Å². The molecule has 0 saturated carbocycles. The van der Waals surface area contributed by atoms with Crippen LogP contribution in [0.2, 0.25) is 0 Å². The Morgan fingerprint density at radius 2 is 1.56 bits per heavy atom. The molecule has 32 heavy (non-hydrogen) atoms. The van der Waals surface area contributed by atoms with Gasteiger partial charge in [0, 0.05) is 12.6 Å². The summed E-state index contributed by atoms with van der Waals surface area (Å²) >= 11 is 0. The molecule has 162 valence electrons. The number of sulfonamides is 1. The molecule has 0 atom stereocenters. The van der Waals surface area contributed by atoms with E-state index in [2.05, 4.69) is 4.98 Å². The summed E-state index contributed by atoms with van der Waals surface area (Å²) in [6, 6.07) is 23.8. The van der Waals surface area contributed by atoms with Crippen LogP contribution in [-0.2, 0) is 21.4 Å². The standard InChI is InChI=1S/C24H20N2O5S/c1-26(20-10-6-3-7-11-20)32(28,29)21-14-12-19(13-15-21)24(27)30-17-23-25-16-22(31-23)18-8-4-2-5-9-18/h2-16H,17H2,1H3. The Kier molecular flexibility index (Phi) is 6.04. The first kappa shape index (κ1) is 21.3. The van der Waals surface area contributed by atoms with Gasteiger partial charge in [-0.1, -0.05) is 48.5 Å². The maximum absolute atomic E-state index is 12.8. The molecule has 0 radical (unpaired) electrons. The van der Waals surface area contributed by atoms with E-state index < -0.39 is 16.0 Å². The molecular weight excluding hydrogens is 428 g/mol. The molecule has 0 saturated heterocycles. The number of esters is 1. The number of hydrogen-bond acceptors (Lipinski definition) is 6. The lowest BCUT2D eigenvalue weighted by atomic mass is 10.2. The molecule has 0 aliphatic heterocycles. The highest BCUT2D eigenvalue weighted by molar-refractivity contribution is 7.92. The minimum atomic E-state index is -3.76. The first-order valence-corrected chi connectivity index (χ1v) is 11.2. The van der Waals surface area contributed by atoms with Crippen LogP contribution in [0.3, 0.4) is 0 Å². The van der Waals surface area contributed by atoms with Gasteiger partial charge in [-0.25, -0.2) is 18.2 Å². The Labute approximate surface area is 186 Å². The Morgan fingerprint density at radius 1 is 0.938 bits per heavy atom. The van der Waals surface area contributed by atoms with E-state index in [9.17, 15) is 13.2 Å². The van der Waals surface area contributed by atoms with Gasteiger partial charge in [-0.15, -0.1) is 0 Å². The second kappa shape index (κ2) is 9.07. The lowest BCUT2D eigenvalue weighted by molar-refractivity contribution is 0.0439. The molecule has 0 spiro atoms. The molecule has 1 heterocycles. The molecule has 3 aromatic carbocycles. The summed E-state index contributed by atoms with van der Waals surface area (Å²) in [6.45, 7) is -0.136. The number of ether oxygens (including phenoxy) is 1. The van der Waals surface area contributed by atoms with Crippen molar-refractivity contribution in [2.75, 3.05) is 11.4 Å². The molecule has 0 aliphatic rings. The van der Waals surface area contributed by atoms with Crippen LogP contribution in [-0.4, -0.2) is 26.4 Å². The van der Waals surface area contributed by atoms with E-state index in [0.29, 0.717) is 11.4 Å². The average molecular weight is 449 g/mol. The number of benzene rings is 3. The number of anilines is 1. The zero-order valence-corrected chi connectivity index (χ0v) is 18.0. The molecule has 1 aromatic heterocycles. The predicted molar refractivity (Wildman–Crippen MR) is 120 cm³/mol. The van der Waals surface area contributed by atoms with Gasteiger partial charge in [0.15, 0.2) is 12.4 Å². The van der Waals surface area contributed by atoms with Gasteiger partial charge in [0.1, 0.15) is 0 Å². The van der Waals surface area contributed by atoms with Crippen LogP contribution in [0.1, 0.15) is 16.2 Å². The number of para-hydroxylation sites is 1. The van der Waals surface area contributed by atoms with Crippen LogP contribution >= 0.6 is 0 Å². The van der Waals surface area contributed by atoms with E-state index in [-0.39, 0.29) is 23.0 Å². The van der Waals surface area contributed by atoms with Gasteiger partial charge in [0.2, 0.25) is 5.89 Å². The summed E-state index contributed by atoms with van der Waals surface area (Å²) in [5.41, 5.74) is 1.63. The number of nitrogens with zero attached hydrogens (tertiary/aromatic N) is 2. The average Bonchev–Trinajstić information content (AvgIpc) is 3.32. The van der Waals surface area contributed by atoms with Crippen molar-refractivity contribution in [1.82, 2.24) is 4.98 Å². The van der Waals surface area contributed by atoms with E-state index in [4.69, 9.17) is 9.15 Å². The van der Waals surface area contributed by atoms with Gasteiger partial charge in [0.25, 0.3) is 10.0 Å². The maximum Gasteiger partial charge on any atom is 0.338 e. The first-order valence-electron chi connectivity index (χ1n) is 9.76. The van der Waals surface area contributed by atoms with Crippen LogP contribution in [0.4, 0.5) is 5.69 Å². The van der Waals surface area contributed by atoms with Crippen LogP contribution in [0.25, 0.3) is 11.3 Å². The highest BCUT2D eigenvalue weighted by atomic mass is 32.2. The van der Waals surface area contributed by atoms with Crippen molar-refractivity contribution in [2.24, 2.45) is 0 Å². The van der Waals surface area contributed by atoms with Gasteiger partial charge >= 0.3 is 5.97 Å². The summed E-state index contributed by atoms with van der Waals surface area (Å²) in [5.74, 6) is 0.236. The fraction of sp³-hybridized carbons (Fsp3) is 0.0833. The van der Waals surface area contributed by atoms with Crippen LogP contribution in [0.15, 0.2) is 100 Å². The minimum absolute atomic E-state index is 0.0700. The zero-order valence-electron chi connectivity index (χ0n) is 17.2. The Bertz CT molecular complexity index is 1300. The summed E-state index contributed by atoms with van der Waals surface area (Å²) < 4.78 is 37.7. The van der Waals surface area contributed by atoms with Crippen molar-refractivity contribution >= 4 is 21.7 Å². The van der Waals surface area contributed by atoms with Crippen molar-refractivity contribution in [2.45, 2.75) is 11.5 Å². The SMILES string of the molecule is CN(c1ccccc1)S(=O)(=O)c1ccc(C(=O)OCc2ncc(-c3ccccc3)o2)cc1. The number of carbonyl (C=O) groups is 1. The van der Waals surface area contributed by atoms with E-state index in [1.54, 1.807) is 30.5 Å². The number of carbonyl (C=O) groups excluding carboxylic acids is 1. The highest BCUT2D eigenvalue weighted by Crippen LogP contribution is 2.23. The van der Waals surface area contributed by atoms with Gasteiger partial charge < -0.3 is 9.15 Å². The van der Waals surface area contributed by atoms with Crippen molar-refractivity contribution in [3.8, 4) is 11.3 Å². The van der Waals surface area contributed by atoms with Crippen LogP contribution < -0.4 is 4.31 Å². The molecule has 4 aromatic rings. The molecule has 0 bridgehead atoms. The molecule has 0 aliphatic carbocycles. The third kappa shape index (κ3) is 4.55. The normalized spacial score (nSPS) is 11.2. The Morgan fingerprint density at radius 3 is 2.22 bits per heavy atom. The highest BCUT2D eigenvalue weighted by Gasteiger charge is 2.21. The van der Waals surface area contributed by atoms with Gasteiger partial charge in [-0.2, -0.15) is 0 Å². The Balaban J connectivity index is 1.41. The molecule has 0 N–H and O–H groups in total. The minimum Gasteiger partial charge on any atom is -0.452 e. The molecule has 0 unspecified atom stereocenters. The topological polar surface area (TPSA) is 89.7 Å². The molecule has 0 fully saturated rings. The molecule has 0 amide bonds. The van der Waals surface area contributed by atoms with Crippen molar-refractivity contribution < 1.29 is 22.4 Å². The fourth-order valence-corrected chi connectivity index (χ4v) is 4.22. The number of hydrogen-bond donors (Lipinski definition) is 0. The van der Waals surface area contributed by atoms with Crippen molar-refractivity contribution in [1.29, 1.82) is 0 Å². The van der Waals surface area contributed by atoms with E-state index >= 15 is 0 Å². The first-order chi connectivity index (χ1) is 15.4. The lowest BCUT2D eigenvalue weighted by Gasteiger charge is -2.19. The quantitative estimate of drug-likeness (QED) is 0.386. The Hall–Kier alpha value is -3.91. The molecular formula is C24H20N2O5S. The zero-order chi connectivity index (χ0) is 22.6. The third-order valence-corrected chi connectivity index (χ3v) is 6.61. The molecule has 7 nitrogen and oxygen atoms in total. The van der Waals surface area contributed by atoms with Crippen LogP contribution in [0, 0.1) is 0 Å². The summed E-state index contributed by atoms with van der Waals surface area (Å²) in [5, 5.41) is 0. The van der Waals surface area contributed by atoms with Crippen LogP contribution in [0.5, 0.6) is 0 Å². The van der Waals surface area contributed by atoms with Crippen molar-refractivity contribution in [3.05, 3.63) is 103 Å². The van der Waals surface area contributed by atoms with E-state index in [1.807, 2.05) is 36.4 Å². The largest absolute Gasteiger partial charge is 0.452 e. The van der Waals surface area contributed by atoms with E-state index in [1.165, 1.54) is 35.6 Å². The maximum atomic E-state index is 12.8.